The Bertz CT molecular complexity index is 568. The zero-order valence-corrected chi connectivity index (χ0v) is 7.41. The molecule has 0 amide bonds. The van der Waals surface area contributed by atoms with Gasteiger partial charge in [-0.15, -0.1) is 0 Å². The third kappa shape index (κ3) is 9.10. The van der Waals surface area contributed by atoms with Gasteiger partial charge in [0.1, 0.15) is 0 Å². The van der Waals surface area contributed by atoms with Crippen LogP contribution in [0.1, 0.15) is 0 Å². The molecule has 0 aliphatic heterocycles. The van der Waals surface area contributed by atoms with Crippen LogP contribution in [-0.2, 0) is 0 Å². The third-order valence-electron chi connectivity index (χ3n) is 0.739. The van der Waals surface area contributed by atoms with Crippen LogP contribution in [0, 0.1) is 0 Å². The van der Waals surface area contributed by atoms with Gasteiger partial charge in [-0.25, -0.2) is 0 Å². The molecule has 0 aliphatic rings. The molecule has 0 heteroatoms. The third-order valence-corrected chi connectivity index (χ3v) is 0.739. The monoisotopic (exact) mass is 172 g/mol. The van der Waals surface area contributed by atoms with Crippen LogP contribution >= 0.6 is 0 Å². The largest absolute Gasteiger partial charge is 0.0687 e. The Kier molecular flexibility index (Phi) is 8.01. The van der Waals surface area contributed by atoms with Crippen molar-refractivity contribution >= 4 is 0 Å². The Morgan fingerprint density at radius 3 is 0.786 bits per heavy atom. The van der Waals surface area contributed by atoms with Gasteiger partial charge in [-0.2, -0.15) is 0 Å². The molecule has 0 aromatic rings. The van der Waals surface area contributed by atoms with Crippen LogP contribution in [-0.4, -0.2) is 0 Å². The van der Waals surface area contributed by atoms with Crippen molar-refractivity contribution in [1.82, 2.24) is 0 Å². The topological polar surface area (TPSA) is 0 Å². The first-order valence-electron chi connectivity index (χ1n) is 3.46. The fourth-order valence-electron chi connectivity index (χ4n) is 0.338. The zero-order valence-electron chi connectivity index (χ0n) is 7.41. The van der Waals surface area contributed by atoms with E-state index >= 15 is 0 Å². The van der Waals surface area contributed by atoms with E-state index in [4.69, 9.17) is 0 Å². The molecule has 0 bridgehead atoms. The predicted molar refractivity (Wildman–Crippen MR) is 53.4 cm³/mol. The summed E-state index contributed by atoms with van der Waals surface area (Å²) in [6.45, 7) is 6.57. The van der Waals surface area contributed by atoms with Gasteiger partial charge in [0, 0.05) is 0 Å². The lowest BCUT2D eigenvalue weighted by Crippen LogP contribution is -1.23. The summed E-state index contributed by atoms with van der Waals surface area (Å²) in [7, 11) is 0. The van der Waals surface area contributed by atoms with Crippen molar-refractivity contribution in [3.8, 4) is 0 Å². The molecule has 0 N–H and O–H groups in total. The Morgan fingerprint density at radius 2 is 0.571 bits per heavy atom. The average Bonchev–Trinajstić information content (AvgIpc) is 2.21. The molecular formula is C14H4. The van der Waals surface area contributed by atoms with E-state index in [1.165, 1.54) is 0 Å². The van der Waals surface area contributed by atoms with E-state index in [0.29, 0.717) is 0 Å². The van der Waals surface area contributed by atoms with Crippen molar-refractivity contribution in [1.29, 1.82) is 0 Å². The van der Waals surface area contributed by atoms with Crippen LogP contribution in [0.4, 0.5) is 0 Å². The lowest BCUT2D eigenvalue weighted by molar-refractivity contribution is 2.13. The van der Waals surface area contributed by atoms with Crippen molar-refractivity contribution < 1.29 is 0 Å². The second-order valence-electron chi connectivity index (χ2n) is 1.60. The molecule has 14 heavy (non-hydrogen) atoms. The normalized spacial score (nSPS) is 3.71. The number of rotatable bonds is 0. The van der Waals surface area contributed by atoms with Crippen molar-refractivity contribution in [2.45, 2.75) is 0 Å². The average molecular weight is 172 g/mol. The van der Waals surface area contributed by atoms with E-state index < -0.39 is 0 Å². The molecule has 0 atom stereocenters. The van der Waals surface area contributed by atoms with Gasteiger partial charge in [0.15, 0.2) is 0 Å². The highest BCUT2D eigenvalue weighted by molar-refractivity contribution is 4.91. The standard InChI is InChI=1S/C14H4/c1-3-5-7-9-11-13-14-12-10-8-6-4-2/h1-2H2. The quantitative estimate of drug-likeness (QED) is 0.493. The Balaban J connectivity index is 5.57. The molecule has 0 nitrogen and oxygen atoms in total. The van der Waals surface area contributed by atoms with Crippen LogP contribution in [0.5, 0.6) is 0 Å². The van der Waals surface area contributed by atoms with Gasteiger partial charge in [0.2, 0.25) is 0 Å². The fourth-order valence-corrected chi connectivity index (χ4v) is 0.338. The summed E-state index contributed by atoms with van der Waals surface area (Å²) in [6, 6.07) is 0. The van der Waals surface area contributed by atoms with E-state index in [1.807, 2.05) is 0 Å². The van der Waals surface area contributed by atoms with Crippen molar-refractivity contribution in [3.63, 3.8) is 0 Å². The van der Waals surface area contributed by atoms with Gasteiger partial charge in [0.25, 0.3) is 0 Å². The maximum absolute atomic E-state index is 3.29. The van der Waals surface area contributed by atoms with E-state index in [-0.39, 0.29) is 0 Å². The predicted octanol–water partition coefficient (Wildman–Crippen LogP) is 2.66. The van der Waals surface area contributed by atoms with Gasteiger partial charge in [-0.1, -0.05) is 11.5 Å². The first-order chi connectivity index (χ1) is 6.91. The second-order valence-corrected chi connectivity index (χ2v) is 1.60. The molecule has 0 unspecified atom stereocenters. The SMILES string of the molecule is C=C=C=C=C=C=C=C=C=C=C=C=C=C. The smallest absolute Gasteiger partial charge is 0.00000000257 e. The van der Waals surface area contributed by atoms with Gasteiger partial charge >= 0.3 is 0 Å². The second kappa shape index (κ2) is 10.1. The van der Waals surface area contributed by atoms with Crippen molar-refractivity contribution in [2.24, 2.45) is 0 Å². The molecule has 0 saturated heterocycles. The molecule has 0 rings (SSSR count). The minimum atomic E-state index is 2.37. The Hall–Kier alpha value is -2.90. The molecule has 0 radical (unpaired) electrons. The molecule has 0 aliphatic carbocycles. The summed E-state index contributed by atoms with van der Waals surface area (Å²) in [5.41, 5.74) is 29.4. The molecule has 0 aromatic carbocycles. The summed E-state index contributed by atoms with van der Waals surface area (Å²) in [5.74, 6) is 0. The molecule has 0 fully saturated rings. The van der Waals surface area contributed by atoms with Gasteiger partial charge < -0.3 is 0 Å². The van der Waals surface area contributed by atoms with E-state index in [2.05, 4.69) is 81.9 Å². The highest BCUT2D eigenvalue weighted by Gasteiger charge is 1.39. The van der Waals surface area contributed by atoms with Gasteiger partial charge in [0.05, 0.1) is 0 Å². The highest BCUT2D eigenvalue weighted by Crippen LogP contribution is 1.55. The van der Waals surface area contributed by atoms with Gasteiger partial charge in [-0.05, 0) is 70.5 Å². The molecular weight excluding hydrogens is 168 g/mol. The summed E-state index contributed by atoms with van der Waals surface area (Å²) in [4.78, 5) is 0. The molecule has 60 valence electrons. The summed E-state index contributed by atoms with van der Waals surface area (Å²) >= 11 is 0. The van der Waals surface area contributed by atoms with Crippen LogP contribution < -0.4 is 0 Å². The van der Waals surface area contributed by atoms with Crippen LogP contribution in [0.3, 0.4) is 0 Å². The fraction of sp³-hybridized carbons (Fsp3) is 0. The minimum Gasteiger partial charge on any atom is -0.0687 e. The van der Waals surface area contributed by atoms with Crippen LogP contribution in [0.2, 0.25) is 0 Å². The van der Waals surface area contributed by atoms with E-state index in [0.717, 1.165) is 0 Å². The maximum Gasteiger partial charge on any atom is -0.00000000257 e. The van der Waals surface area contributed by atoms with Crippen LogP contribution in [0.25, 0.3) is 0 Å². The minimum absolute atomic E-state index is 2.37. The highest BCUT2D eigenvalue weighted by atomic mass is 13.4. The molecule has 0 aromatic heterocycles. The van der Waals surface area contributed by atoms with Crippen molar-refractivity contribution in [2.75, 3.05) is 0 Å². The number of hydrogen-bond acceptors (Lipinski definition) is 0. The zero-order chi connectivity index (χ0) is 10.5. The molecule has 0 saturated carbocycles. The summed E-state index contributed by atoms with van der Waals surface area (Å²) < 4.78 is 0. The molecule has 0 heterocycles. The summed E-state index contributed by atoms with van der Waals surface area (Å²) in [6.07, 6.45) is 0. The van der Waals surface area contributed by atoms with Crippen molar-refractivity contribution in [3.05, 3.63) is 81.9 Å². The summed E-state index contributed by atoms with van der Waals surface area (Å²) in [5, 5.41) is 0. The van der Waals surface area contributed by atoms with E-state index in [9.17, 15) is 0 Å². The Labute approximate surface area is 82.5 Å². The lowest BCUT2D eigenvalue weighted by Gasteiger charge is -1.39. The van der Waals surface area contributed by atoms with E-state index in [1.54, 1.807) is 0 Å². The first kappa shape index (κ1) is 11.1. The lowest BCUT2D eigenvalue weighted by atomic mass is 10.6. The first-order valence-corrected chi connectivity index (χ1v) is 3.46. The maximum atomic E-state index is 3.29. The number of hydrogen-bond donors (Lipinski definition) is 0. The van der Waals surface area contributed by atoms with Crippen LogP contribution in [0.15, 0.2) is 81.9 Å². The Morgan fingerprint density at radius 1 is 0.357 bits per heavy atom. The molecule has 0 spiro atoms. The van der Waals surface area contributed by atoms with Gasteiger partial charge in [-0.3, -0.25) is 0 Å².